The number of carbonyl (C=O) groups is 1. The van der Waals surface area contributed by atoms with Gasteiger partial charge in [-0.2, -0.15) is 9.78 Å². The van der Waals surface area contributed by atoms with Crippen LogP contribution >= 0.6 is 0 Å². The van der Waals surface area contributed by atoms with Crippen molar-refractivity contribution in [2.45, 2.75) is 33.1 Å². The second-order valence-electron chi connectivity index (χ2n) is 7.12. The number of fused-ring (bicyclic) bond motifs is 1. The van der Waals surface area contributed by atoms with Crippen molar-refractivity contribution in [2.24, 2.45) is 0 Å². The van der Waals surface area contributed by atoms with Crippen molar-refractivity contribution < 1.29 is 14.3 Å². The van der Waals surface area contributed by atoms with Crippen LogP contribution in [0.4, 0.5) is 5.82 Å². The highest BCUT2D eigenvalue weighted by Gasteiger charge is 2.34. The molecule has 0 spiro atoms. The number of amides is 1. The number of aromatic nitrogens is 4. The predicted octanol–water partition coefficient (Wildman–Crippen LogP) is 3.08. The van der Waals surface area contributed by atoms with Gasteiger partial charge >= 0.3 is 0 Å². The number of hydrogen-bond acceptors (Lipinski definition) is 6. The third-order valence-corrected chi connectivity index (χ3v) is 5.08. The Bertz CT molecular complexity index is 1090. The van der Waals surface area contributed by atoms with E-state index in [1.54, 1.807) is 18.9 Å². The molecule has 1 aliphatic rings. The highest BCUT2D eigenvalue weighted by molar-refractivity contribution is 5.95. The van der Waals surface area contributed by atoms with E-state index >= 15 is 0 Å². The Morgan fingerprint density at radius 2 is 1.79 bits per heavy atom. The summed E-state index contributed by atoms with van der Waals surface area (Å²) in [5.41, 5.74) is 4.34. The quantitative estimate of drug-likeness (QED) is 0.732. The lowest BCUT2D eigenvalue weighted by Gasteiger charge is -2.25. The van der Waals surface area contributed by atoms with Crippen LogP contribution in [0.3, 0.4) is 0 Å². The van der Waals surface area contributed by atoms with Crippen molar-refractivity contribution in [3.63, 3.8) is 0 Å². The lowest BCUT2D eigenvalue weighted by atomic mass is 9.85. The number of carbonyl (C=O) groups excluding carboxylic acids is 1. The van der Waals surface area contributed by atoms with E-state index in [4.69, 9.17) is 9.47 Å². The molecule has 4 rings (SSSR count). The first-order valence-corrected chi connectivity index (χ1v) is 9.35. The smallest absolute Gasteiger partial charge is 0.252 e. The molecule has 8 nitrogen and oxygen atoms in total. The molecule has 3 heterocycles. The molecule has 0 radical (unpaired) electrons. The van der Waals surface area contributed by atoms with E-state index in [1.165, 1.54) is 0 Å². The summed E-state index contributed by atoms with van der Waals surface area (Å²) >= 11 is 0. The number of benzene rings is 1. The molecule has 1 amide bonds. The average Bonchev–Trinajstić information content (AvgIpc) is 3.02. The number of nitrogens with zero attached hydrogens (tertiary/aromatic N) is 4. The zero-order valence-corrected chi connectivity index (χ0v) is 17.1. The van der Waals surface area contributed by atoms with Gasteiger partial charge in [0.25, 0.3) is 5.95 Å². The van der Waals surface area contributed by atoms with Crippen LogP contribution in [-0.2, 0) is 4.79 Å². The van der Waals surface area contributed by atoms with Crippen LogP contribution in [0.2, 0.25) is 0 Å². The van der Waals surface area contributed by atoms with Gasteiger partial charge in [-0.1, -0.05) is 6.07 Å². The Labute approximate surface area is 168 Å². The molecule has 1 atom stereocenters. The van der Waals surface area contributed by atoms with Crippen LogP contribution < -0.4 is 14.8 Å². The molecule has 1 N–H and O–H groups in total. The van der Waals surface area contributed by atoms with E-state index < -0.39 is 0 Å². The van der Waals surface area contributed by atoms with E-state index in [1.807, 2.05) is 45.0 Å². The number of hydrogen-bond donors (Lipinski definition) is 1. The number of aryl methyl sites for hydroxylation is 3. The maximum absolute atomic E-state index is 12.6. The van der Waals surface area contributed by atoms with Gasteiger partial charge < -0.3 is 14.8 Å². The number of anilines is 1. The fourth-order valence-electron chi connectivity index (χ4n) is 3.87. The second kappa shape index (κ2) is 7.20. The summed E-state index contributed by atoms with van der Waals surface area (Å²) in [6.07, 6.45) is 0.302. The standard InChI is InChI=1S/C21H23N5O3/c1-11-8-12(2)23-21(22-11)26-20-19(13(3)25-26)16(10-18(27)24-20)15-7-6-14(28-4)9-17(15)29-5/h6-9,16H,10H2,1-5H3,(H,24,27)/t16-/m0/s1. The summed E-state index contributed by atoms with van der Waals surface area (Å²) in [6.45, 7) is 5.74. The van der Waals surface area contributed by atoms with Crippen LogP contribution in [-0.4, -0.2) is 39.9 Å². The van der Waals surface area contributed by atoms with Crippen molar-refractivity contribution >= 4 is 11.7 Å². The van der Waals surface area contributed by atoms with E-state index in [2.05, 4.69) is 20.4 Å². The van der Waals surface area contributed by atoms with Gasteiger partial charge in [0.15, 0.2) is 0 Å². The minimum Gasteiger partial charge on any atom is -0.497 e. The molecule has 2 aromatic heterocycles. The molecule has 0 bridgehead atoms. The summed E-state index contributed by atoms with van der Waals surface area (Å²) in [5.74, 6) is 2.12. The Morgan fingerprint density at radius 1 is 1.07 bits per heavy atom. The van der Waals surface area contributed by atoms with Crippen molar-refractivity contribution in [3.8, 4) is 17.4 Å². The van der Waals surface area contributed by atoms with Crippen molar-refractivity contribution in [2.75, 3.05) is 19.5 Å². The molecular weight excluding hydrogens is 370 g/mol. The maximum atomic E-state index is 12.6. The van der Waals surface area contributed by atoms with Crippen LogP contribution in [0.15, 0.2) is 24.3 Å². The number of rotatable bonds is 4. The Hall–Kier alpha value is -3.42. The minimum absolute atomic E-state index is 0.0918. The van der Waals surface area contributed by atoms with Gasteiger partial charge in [0.2, 0.25) is 5.91 Å². The molecule has 0 saturated heterocycles. The van der Waals surface area contributed by atoms with Gasteiger partial charge in [-0.15, -0.1) is 0 Å². The third kappa shape index (κ3) is 3.30. The molecule has 1 aromatic carbocycles. The normalized spacial score (nSPS) is 15.6. The van der Waals surface area contributed by atoms with Crippen molar-refractivity contribution in [1.29, 1.82) is 0 Å². The molecule has 0 aliphatic carbocycles. The molecule has 8 heteroatoms. The van der Waals surface area contributed by atoms with E-state index in [0.29, 0.717) is 29.7 Å². The first kappa shape index (κ1) is 18.9. The number of nitrogens with one attached hydrogen (secondary N) is 1. The van der Waals surface area contributed by atoms with E-state index in [9.17, 15) is 4.79 Å². The number of ether oxygens (including phenoxy) is 2. The van der Waals surface area contributed by atoms with Crippen LogP contribution in [0, 0.1) is 20.8 Å². The van der Waals surface area contributed by atoms with Gasteiger partial charge in [-0.05, 0) is 32.9 Å². The van der Waals surface area contributed by atoms with Crippen LogP contribution in [0.1, 0.15) is 40.5 Å². The monoisotopic (exact) mass is 393 g/mol. The Morgan fingerprint density at radius 3 is 2.45 bits per heavy atom. The summed E-state index contributed by atoms with van der Waals surface area (Å²) in [4.78, 5) is 21.6. The lowest BCUT2D eigenvalue weighted by molar-refractivity contribution is -0.116. The molecule has 3 aromatic rings. The van der Waals surface area contributed by atoms with Gasteiger partial charge in [0.1, 0.15) is 17.3 Å². The zero-order valence-electron chi connectivity index (χ0n) is 17.1. The molecule has 0 saturated carbocycles. The van der Waals surface area contributed by atoms with Gasteiger partial charge in [0, 0.05) is 40.9 Å². The second-order valence-corrected chi connectivity index (χ2v) is 7.12. The third-order valence-electron chi connectivity index (χ3n) is 5.08. The fraction of sp³-hybridized carbons (Fsp3) is 0.333. The Balaban J connectivity index is 1.89. The average molecular weight is 393 g/mol. The molecule has 1 aliphatic heterocycles. The molecule has 0 fully saturated rings. The highest BCUT2D eigenvalue weighted by Crippen LogP contribution is 2.43. The summed E-state index contributed by atoms with van der Waals surface area (Å²) < 4.78 is 12.5. The number of methoxy groups -OCH3 is 2. The first-order chi connectivity index (χ1) is 13.9. The molecule has 0 unspecified atom stereocenters. The Kier molecular flexibility index (Phi) is 4.70. The fourth-order valence-corrected chi connectivity index (χ4v) is 3.87. The topological polar surface area (TPSA) is 91.2 Å². The first-order valence-electron chi connectivity index (χ1n) is 9.35. The van der Waals surface area contributed by atoms with Gasteiger partial charge in [0.05, 0.1) is 19.9 Å². The van der Waals surface area contributed by atoms with Crippen LogP contribution in [0.25, 0.3) is 5.95 Å². The van der Waals surface area contributed by atoms with Crippen LogP contribution in [0.5, 0.6) is 11.5 Å². The highest BCUT2D eigenvalue weighted by atomic mass is 16.5. The SMILES string of the molecule is COc1ccc([C@@H]2CC(=O)Nc3c2c(C)nn3-c2nc(C)cc(C)n2)c(OC)c1. The minimum atomic E-state index is -0.195. The molecule has 150 valence electrons. The van der Waals surface area contributed by atoms with E-state index in [0.717, 1.165) is 28.2 Å². The predicted molar refractivity (Wildman–Crippen MR) is 108 cm³/mol. The van der Waals surface area contributed by atoms with E-state index in [-0.39, 0.29) is 11.8 Å². The van der Waals surface area contributed by atoms with Gasteiger partial charge in [-0.3, -0.25) is 4.79 Å². The summed E-state index contributed by atoms with van der Waals surface area (Å²) in [5, 5.41) is 7.62. The maximum Gasteiger partial charge on any atom is 0.252 e. The molecule has 29 heavy (non-hydrogen) atoms. The summed E-state index contributed by atoms with van der Waals surface area (Å²) in [7, 11) is 3.22. The van der Waals surface area contributed by atoms with Crippen molar-refractivity contribution in [1.82, 2.24) is 19.7 Å². The largest absolute Gasteiger partial charge is 0.497 e. The summed E-state index contributed by atoms with van der Waals surface area (Å²) in [6, 6.07) is 7.54. The van der Waals surface area contributed by atoms with Crippen molar-refractivity contribution in [3.05, 3.63) is 52.5 Å². The zero-order chi connectivity index (χ0) is 20.7. The molecular formula is C21H23N5O3. The lowest BCUT2D eigenvalue weighted by Crippen LogP contribution is -2.25. The van der Waals surface area contributed by atoms with Gasteiger partial charge in [-0.25, -0.2) is 9.97 Å².